The second-order valence-electron chi connectivity index (χ2n) is 3.95. The van der Waals surface area contributed by atoms with Crippen molar-refractivity contribution >= 4 is 32.7 Å². The minimum absolute atomic E-state index is 0.305. The second-order valence-corrected chi connectivity index (χ2v) is 6.52. The van der Waals surface area contributed by atoms with Gasteiger partial charge in [-0.1, -0.05) is 30.3 Å². The second kappa shape index (κ2) is 7.29. The van der Waals surface area contributed by atoms with Crippen LogP contribution >= 0.6 is 22.6 Å². The molecule has 0 unspecified atom stereocenters. The van der Waals surface area contributed by atoms with Gasteiger partial charge in [0.15, 0.2) is 0 Å². The molecule has 0 fully saturated rings. The summed E-state index contributed by atoms with van der Waals surface area (Å²) >= 11 is 2.31. The standard InChI is InChI=1S/C12H9IO.CHF3O3S/c13-12-4-2-1-3-11(12)9-5-7-10(14)8-6-9;2-1(3,4)8(5,6)7/h1-8,14H;(H,5,6,7). The molecular formula is C13H10F3IO4S. The molecular weight excluding hydrogens is 436 g/mol. The Morgan fingerprint density at radius 1 is 0.955 bits per heavy atom. The minimum atomic E-state index is -5.84. The van der Waals surface area contributed by atoms with E-state index in [0.717, 1.165) is 5.56 Å². The summed E-state index contributed by atoms with van der Waals surface area (Å²) in [6, 6.07) is 15.4. The van der Waals surface area contributed by atoms with Crippen molar-refractivity contribution < 1.29 is 31.2 Å². The van der Waals surface area contributed by atoms with Gasteiger partial charge < -0.3 is 5.11 Å². The van der Waals surface area contributed by atoms with Crippen LogP contribution in [0.4, 0.5) is 13.2 Å². The predicted molar refractivity (Wildman–Crippen MR) is 83.9 cm³/mol. The normalized spacial score (nSPS) is 11.5. The molecule has 120 valence electrons. The van der Waals surface area contributed by atoms with Crippen LogP contribution in [0.25, 0.3) is 11.1 Å². The van der Waals surface area contributed by atoms with Gasteiger partial charge in [0, 0.05) is 3.57 Å². The lowest BCUT2D eigenvalue weighted by Gasteiger charge is -2.03. The van der Waals surface area contributed by atoms with Gasteiger partial charge in [0.05, 0.1) is 0 Å². The first-order valence-electron chi connectivity index (χ1n) is 5.60. The molecule has 0 saturated heterocycles. The molecule has 0 atom stereocenters. The zero-order chi connectivity index (χ0) is 17.0. The molecule has 9 heteroatoms. The zero-order valence-electron chi connectivity index (χ0n) is 10.7. The molecule has 0 spiro atoms. The van der Waals surface area contributed by atoms with Gasteiger partial charge in [0.2, 0.25) is 0 Å². The summed E-state index contributed by atoms with van der Waals surface area (Å²) in [4.78, 5) is 0. The highest BCUT2D eigenvalue weighted by Gasteiger charge is 2.44. The summed E-state index contributed by atoms with van der Waals surface area (Å²) < 4.78 is 58.8. The number of alkyl halides is 3. The Balaban J connectivity index is 0.000000261. The molecule has 2 rings (SSSR count). The number of phenolic OH excluding ortho intramolecular Hbond substituents is 1. The number of halogens is 4. The van der Waals surface area contributed by atoms with Gasteiger partial charge in [-0.25, -0.2) is 0 Å². The molecule has 0 aliphatic carbocycles. The highest BCUT2D eigenvalue weighted by atomic mass is 127. The summed E-state index contributed by atoms with van der Waals surface area (Å²) in [6.07, 6.45) is 0. The molecule has 2 aromatic rings. The first-order chi connectivity index (χ1) is 10.0. The number of benzene rings is 2. The van der Waals surface area contributed by atoms with Gasteiger partial charge in [-0.3, -0.25) is 4.55 Å². The molecule has 0 heterocycles. The van der Waals surface area contributed by atoms with E-state index in [4.69, 9.17) is 13.0 Å². The lowest BCUT2D eigenvalue weighted by Crippen LogP contribution is -2.21. The van der Waals surface area contributed by atoms with Crippen LogP contribution in [0.2, 0.25) is 0 Å². The van der Waals surface area contributed by atoms with Gasteiger partial charge in [-0.15, -0.1) is 0 Å². The third kappa shape index (κ3) is 5.46. The molecule has 4 nitrogen and oxygen atoms in total. The molecule has 0 aromatic heterocycles. The first-order valence-corrected chi connectivity index (χ1v) is 8.12. The first kappa shape index (κ1) is 18.7. The minimum Gasteiger partial charge on any atom is -0.508 e. The number of rotatable bonds is 1. The fourth-order valence-electron chi connectivity index (χ4n) is 1.34. The fourth-order valence-corrected chi connectivity index (χ4v) is 2.04. The Morgan fingerprint density at radius 3 is 1.82 bits per heavy atom. The van der Waals surface area contributed by atoms with Crippen molar-refractivity contribution in [1.82, 2.24) is 0 Å². The number of hydrogen-bond donors (Lipinski definition) is 2. The Morgan fingerprint density at radius 2 is 1.41 bits per heavy atom. The van der Waals surface area contributed by atoms with E-state index in [-0.39, 0.29) is 0 Å². The number of hydrogen-bond acceptors (Lipinski definition) is 3. The van der Waals surface area contributed by atoms with Crippen LogP contribution < -0.4 is 0 Å². The van der Waals surface area contributed by atoms with E-state index in [1.54, 1.807) is 12.1 Å². The van der Waals surface area contributed by atoms with Gasteiger partial charge in [0.1, 0.15) is 5.75 Å². The van der Waals surface area contributed by atoms with Crippen molar-refractivity contribution in [2.45, 2.75) is 5.51 Å². The van der Waals surface area contributed by atoms with Crippen LogP contribution in [0.1, 0.15) is 0 Å². The largest absolute Gasteiger partial charge is 0.522 e. The van der Waals surface area contributed by atoms with E-state index < -0.39 is 15.6 Å². The maximum Gasteiger partial charge on any atom is 0.522 e. The number of aromatic hydroxyl groups is 1. The summed E-state index contributed by atoms with van der Waals surface area (Å²) in [5, 5.41) is 9.17. The van der Waals surface area contributed by atoms with Gasteiger partial charge in [-0.05, 0) is 51.9 Å². The highest BCUT2D eigenvalue weighted by Crippen LogP contribution is 2.26. The molecule has 0 radical (unpaired) electrons. The van der Waals surface area contributed by atoms with Crippen LogP contribution in [0.3, 0.4) is 0 Å². The van der Waals surface area contributed by atoms with Crippen molar-refractivity contribution in [3.8, 4) is 16.9 Å². The third-order valence-electron chi connectivity index (χ3n) is 2.34. The molecule has 22 heavy (non-hydrogen) atoms. The Bertz CT molecular complexity index is 728. The monoisotopic (exact) mass is 446 g/mol. The van der Waals surface area contributed by atoms with Crippen LogP contribution in [0.15, 0.2) is 48.5 Å². The maximum atomic E-state index is 10.7. The maximum absolute atomic E-state index is 10.7. The van der Waals surface area contributed by atoms with Crippen LogP contribution in [0.5, 0.6) is 5.75 Å². The third-order valence-corrected chi connectivity index (χ3v) is 3.87. The molecule has 2 aromatic carbocycles. The van der Waals surface area contributed by atoms with E-state index in [1.165, 1.54) is 9.13 Å². The quantitative estimate of drug-likeness (QED) is 0.394. The fraction of sp³-hybridized carbons (Fsp3) is 0.0769. The van der Waals surface area contributed by atoms with E-state index in [0.29, 0.717) is 5.75 Å². The smallest absolute Gasteiger partial charge is 0.508 e. The van der Waals surface area contributed by atoms with Crippen LogP contribution in [0, 0.1) is 3.57 Å². The van der Waals surface area contributed by atoms with Crippen molar-refractivity contribution in [2.75, 3.05) is 0 Å². The van der Waals surface area contributed by atoms with Gasteiger partial charge in [-0.2, -0.15) is 21.6 Å². The SMILES string of the molecule is O=S(=O)(O)C(F)(F)F.Oc1ccc(-c2ccccc2I)cc1. The van der Waals surface area contributed by atoms with E-state index in [2.05, 4.69) is 34.7 Å². The Labute approximate surface area is 138 Å². The van der Waals surface area contributed by atoms with Crippen molar-refractivity contribution in [1.29, 1.82) is 0 Å². The van der Waals surface area contributed by atoms with E-state index in [9.17, 15) is 18.3 Å². The molecule has 0 aliphatic heterocycles. The lowest BCUT2D eigenvalue weighted by atomic mass is 10.1. The lowest BCUT2D eigenvalue weighted by molar-refractivity contribution is -0.0510. The Kier molecular flexibility index (Phi) is 6.20. The summed E-state index contributed by atoms with van der Waals surface area (Å²) in [7, 11) is -5.84. The molecule has 0 amide bonds. The highest BCUT2D eigenvalue weighted by molar-refractivity contribution is 14.1. The molecule has 0 aliphatic rings. The Hall–Kier alpha value is -1.33. The van der Waals surface area contributed by atoms with Crippen molar-refractivity contribution in [2.24, 2.45) is 0 Å². The van der Waals surface area contributed by atoms with E-state index in [1.807, 2.05) is 24.3 Å². The van der Waals surface area contributed by atoms with Gasteiger partial charge >= 0.3 is 15.6 Å². The summed E-state index contributed by atoms with van der Waals surface area (Å²) in [5.74, 6) is 0.305. The molecule has 0 saturated carbocycles. The van der Waals surface area contributed by atoms with Crippen molar-refractivity contribution in [3.63, 3.8) is 0 Å². The summed E-state index contributed by atoms with van der Waals surface area (Å²) in [5.41, 5.74) is -3.20. The van der Waals surface area contributed by atoms with Gasteiger partial charge in [0.25, 0.3) is 0 Å². The van der Waals surface area contributed by atoms with Crippen LogP contribution in [-0.2, 0) is 10.1 Å². The van der Waals surface area contributed by atoms with Crippen molar-refractivity contribution in [3.05, 3.63) is 52.1 Å². The average Bonchev–Trinajstić information content (AvgIpc) is 2.39. The predicted octanol–water partition coefficient (Wildman–Crippen LogP) is 4.06. The van der Waals surface area contributed by atoms with Crippen LogP contribution in [-0.4, -0.2) is 23.6 Å². The molecule has 2 N–H and O–H groups in total. The topological polar surface area (TPSA) is 74.6 Å². The number of phenols is 1. The van der Waals surface area contributed by atoms with E-state index >= 15 is 0 Å². The zero-order valence-corrected chi connectivity index (χ0v) is 13.7. The average molecular weight is 446 g/mol. The molecule has 0 bridgehead atoms. The summed E-state index contributed by atoms with van der Waals surface area (Å²) in [6.45, 7) is 0.